The Hall–Kier alpha value is -0.150. The molecule has 1 aromatic rings. The number of halogens is 2. The molecule has 1 saturated carbocycles. The fourth-order valence-electron chi connectivity index (χ4n) is 2.60. The summed E-state index contributed by atoms with van der Waals surface area (Å²) in [6.45, 7) is 2.04. The van der Waals surface area contributed by atoms with Crippen LogP contribution in [0.1, 0.15) is 54.4 Å². The fraction of sp³-hybridized carbons (Fsp3) is 0.533. The fourth-order valence-corrected chi connectivity index (χ4v) is 3.59. The van der Waals surface area contributed by atoms with Crippen molar-refractivity contribution in [3.63, 3.8) is 0 Å². The van der Waals surface area contributed by atoms with E-state index in [-0.39, 0.29) is 5.92 Å². The SMILES string of the molecule is Cc1cc(Br)c(C(=O)C2CCCCCC2)cc1Br. The molecule has 0 atom stereocenters. The van der Waals surface area contributed by atoms with Crippen molar-refractivity contribution >= 4 is 37.6 Å². The Balaban J connectivity index is 2.24. The van der Waals surface area contributed by atoms with Crippen LogP contribution in [-0.2, 0) is 0 Å². The van der Waals surface area contributed by atoms with E-state index in [0.29, 0.717) is 5.78 Å². The maximum atomic E-state index is 12.6. The number of benzene rings is 1. The zero-order valence-corrected chi connectivity index (χ0v) is 13.8. The number of carbonyl (C=O) groups is 1. The van der Waals surface area contributed by atoms with Crippen molar-refractivity contribution in [2.24, 2.45) is 5.92 Å². The van der Waals surface area contributed by atoms with E-state index in [1.54, 1.807) is 0 Å². The summed E-state index contributed by atoms with van der Waals surface area (Å²) >= 11 is 7.04. The molecule has 1 aromatic carbocycles. The molecule has 0 amide bonds. The summed E-state index contributed by atoms with van der Waals surface area (Å²) in [6.07, 6.45) is 7.06. The van der Waals surface area contributed by atoms with Gasteiger partial charge in [0.05, 0.1) is 0 Å². The van der Waals surface area contributed by atoms with Gasteiger partial charge < -0.3 is 0 Å². The predicted molar refractivity (Wildman–Crippen MR) is 82.1 cm³/mol. The van der Waals surface area contributed by atoms with Crippen molar-refractivity contribution in [3.05, 3.63) is 32.2 Å². The number of hydrogen-bond acceptors (Lipinski definition) is 1. The molecule has 1 fully saturated rings. The Morgan fingerprint density at radius 1 is 1.06 bits per heavy atom. The summed E-state index contributed by atoms with van der Waals surface area (Å²) in [4.78, 5) is 12.6. The lowest BCUT2D eigenvalue weighted by molar-refractivity contribution is 0.0907. The molecule has 0 saturated heterocycles. The zero-order valence-electron chi connectivity index (χ0n) is 10.6. The van der Waals surface area contributed by atoms with Crippen molar-refractivity contribution in [1.29, 1.82) is 0 Å². The van der Waals surface area contributed by atoms with Gasteiger partial charge in [0.15, 0.2) is 5.78 Å². The van der Waals surface area contributed by atoms with Crippen molar-refractivity contribution in [2.45, 2.75) is 45.4 Å². The predicted octanol–water partition coefficient (Wildman–Crippen LogP) is 5.67. The first-order valence-corrected chi connectivity index (χ1v) is 8.18. The van der Waals surface area contributed by atoms with E-state index in [4.69, 9.17) is 0 Å². The number of rotatable bonds is 2. The monoisotopic (exact) mass is 372 g/mol. The molecule has 1 nitrogen and oxygen atoms in total. The van der Waals surface area contributed by atoms with E-state index < -0.39 is 0 Å². The van der Waals surface area contributed by atoms with Crippen LogP contribution in [0.25, 0.3) is 0 Å². The third kappa shape index (κ3) is 3.24. The lowest BCUT2D eigenvalue weighted by atomic mass is 9.91. The van der Waals surface area contributed by atoms with Crippen molar-refractivity contribution in [3.8, 4) is 0 Å². The van der Waals surface area contributed by atoms with Crippen LogP contribution in [0.3, 0.4) is 0 Å². The molecule has 1 aliphatic rings. The van der Waals surface area contributed by atoms with E-state index >= 15 is 0 Å². The van der Waals surface area contributed by atoms with Gasteiger partial charge in [-0.1, -0.05) is 57.5 Å². The normalized spacial score (nSPS) is 17.5. The van der Waals surface area contributed by atoms with Crippen LogP contribution in [-0.4, -0.2) is 5.78 Å². The highest BCUT2D eigenvalue weighted by Crippen LogP contribution is 2.31. The molecular weight excluding hydrogens is 356 g/mol. The van der Waals surface area contributed by atoms with E-state index in [1.807, 2.05) is 19.1 Å². The van der Waals surface area contributed by atoms with Crippen LogP contribution in [0.2, 0.25) is 0 Å². The molecule has 1 aliphatic carbocycles. The number of aryl methyl sites for hydroxylation is 1. The maximum Gasteiger partial charge on any atom is 0.167 e. The highest BCUT2D eigenvalue weighted by Gasteiger charge is 2.23. The first kappa shape index (κ1) is 14.3. The molecule has 3 heteroatoms. The van der Waals surface area contributed by atoms with Crippen molar-refractivity contribution in [1.82, 2.24) is 0 Å². The van der Waals surface area contributed by atoms with Gasteiger partial charge in [0.1, 0.15) is 0 Å². The summed E-state index contributed by atoms with van der Waals surface area (Å²) in [6, 6.07) is 3.99. The second-order valence-corrected chi connectivity index (χ2v) is 6.84. The van der Waals surface area contributed by atoms with Gasteiger partial charge in [-0.3, -0.25) is 4.79 Å². The second-order valence-electron chi connectivity index (χ2n) is 5.13. The van der Waals surface area contributed by atoms with Crippen LogP contribution in [0.4, 0.5) is 0 Å². The quantitative estimate of drug-likeness (QED) is 0.481. The van der Waals surface area contributed by atoms with Crippen molar-refractivity contribution in [2.75, 3.05) is 0 Å². The number of ketones is 1. The van der Waals surface area contributed by atoms with Gasteiger partial charge in [-0.2, -0.15) is 0 Å². The van der Waals surface area contributed by atoms with Gasteiger partial charge in [0.25, 0.3) is 0 Å². The van der Waals surface area contributed by atoms with Gasteiger partial charge in [0, 0.05) is 20.4 Å². The Kier molecular flexibility index (Phi) is 5.02. The Morgan fingerprint density at radius 3 is 2.28 bits per heavy atom. The Labute approximate surface area is 126 Å². The minimum atomic E-state index is 0.221. The van der Waals surface area contributed by atoms with Gasteiger partial charge in [-0.15, -0.1) is 0 Å². The Morgan fingerprint density at radius 2 is 1.67 bits per heavy atom. The standard InChI is InChI=1S/C15H18Br2O/c1-10-8-14(17)12(9-13(10)16)15(18)11-6-4-2-3-5-7-11/h8-9,11H,2-7H2,1H3. The third-order valence-electron chi connectivity index (χ3n) is 3.74. The molecule has 2 rings (SSSR count). The molecule has 0 aliphatic heterocycles. The van der Waals surface area contributed by atoms with E-state index in [2.05, 4.69) is 31.9 Å². The molecule has 0 radical (unpaired) electrons. The summed E-state index contributed by atoms with van der Waals surface area (Å²) in [7, 11) is 0. The van der Waals surface area contributed by atoms with Crippen molar-refractivity contribution < 1.29 is 4.79 Å². The topological polar surface area (TPSA) is 17.1 Å². The van der Waals surface area contributed by atoms with Crippen LogP contribution < -0.4 is 0 Å². The molecule has 18 heavy (non-hydrogen) atoms. The van der Waals surface area contributed by atoms with Gasteiger partial charge in [-0.05, 0) is 37.5 Å². The largest absolute Gasteiger partial charge is 0.294 e. The van der Waals surface area contributed by atoms with Crippen LogP contribution >= 0.6 is 31.9 Å². The highest BCUT2D eigenvalue weighted by molar-refractivity contribution is 9.11. The molecule has 0 bridgehead atoms. The average molecular weight is 374 g/mol. The first-order valence-electron chi connectivity index (χ1n) is 6.59. The molecule has 0 spiro atoms. The number of Topliss-reactive ketones (excluding diaryl/α,β-unsaturated/α-hetero) is 1. The van der Waals surface area contributed by atoms with E-state index in [1.165, 1.54) is 25.7 Å². The summed E-state index contributed by atoms with van der Waals surface area (Å²) < 4.78 is 1.94. The van der Waals surface area contributed by atoms with E-state index in [9.17, 15) is 4.79 Å². The van der Waals surface area contributed by atoms with Gasteiger partial charge in [0.2, 0.25) is 0 Å². The summed E-state index contributed by atoms with van der Waals surface area (Å²) in [5.41, 5.74) is 1.98. The highest BCUT2D eigenvalue weighted by atomic mass is 79.9. The smallest absolute Gasteiger partial charge is 0.167 e. The summed E-state index contributed by atoms with van der Waals surface area (Å²) in [5.74, 6) is 0.530. The lowest BCUT2D eigenvalue weighted by Crippen LogP contribution is -2.14. The average Bonchev–Trinajstić information content (AvgIpc) is 2.61. The molecule has 0 aromatic heterocycles. The molecular formula is C15H18Br2O. The summed E-state index contributed by atoms with van der Waals surface area (Å²) in [5, 5.41) is 0. The molecule has 98 valence electrons. The van der Waals surface area contributed by atoms with Gasteiger partial charge >= 0.3 is 0 Å². The molecule has 0 N–H and O–H groups in total. The number of carbonyl (C=O) groups excluding carboxylic acids is 1. The minimum absolute atomic E-state index is 0.221. The Bertz CT molecular complexity index is 446. The van der Waals surface area contributed by atoms with Crippen LogP contribution in [0.5, 0.6) is 0 Å². The lowest BCUT2D eigenvalue weighted by Gasteiger charge is -2.14. The number of hydrogen-bond donors (Lipinski definition) is 0. The zero-order chi connectivity index (χ0) is 13.1. The van der Waals surface area contributed by atoms with Crippen LogP contribution in [0, 0.1) is 12.8 Å². The minimum Gasteiger partial charge on any atom is -0.294 e. The van der Waals surface area contributed by atoms with Gasteiger partial charge in [-0.25, -0.2) is 0 Å². The first-order chi connectivity index (χ1) is 8.59. The third-order valence-corrected chi connectivity index (χ3v) is 5.25. The van der Waals surface area contributed by atoms with Crippen LogP contribution in [0.15, 0.2) is 21.1 Å². The second kappa shape index (κ2) is 6.33. The van der Waals surface area contributed by atoms with E-state index in [0.717, 1.165) is 32.9 Å². The maximum absolute atomic E-state index is 12.6. The molecule has 0 unspecified atom stereocenters. The molecule has 0 heterocycles.